The monoisotopic (exact) mass is 182 g/mol. The second-order valence-electron chi connectivity index (χ2n) is 1.25. The van der Waals surface area contributed by atoms with E-state index in [1.54, 1.807) is 0 Å². The number of halogens is 1. The van der Waals surface area contributed by atoms with Crippen molar-refractivity contribution in [1.29, 1.82) is 0 Å². The number of aliphatic carboxylic acids is 1. The summed E-state index contributed by atoms with van der Waals surface area (Å²) in [6, 6.07) is 0. The van der Waals surface area contributed by atoms with Crippen LogP contribution in [-0.2, 0) is 9.59 Å². The van der Waals surface area contributed by atoms with Crippen LogP contribution in [0.1, 0.15) is 13.3 Å². The summed E-state index contributed by atoms with van der Waals surface area (Å²) in [6.07, 6.45) is -0.472. The normalized spacial score (nSPS) is 5.70. The third kappa shape index (κ3) is 22.7. The maximum absolute atomic E-state index is 9.83. The van der Waals surface area contributed by atoms with Crippen molar-refractivity contribution in [2.24, 2.45) is 0 Å². The van der Waals surface area contributed by atoms with E-state index in [1.807, 2.05) is 0 Å². The SMILES string of the molecule is CC(=O)CC(=O)[O-].[Cl-].[Na+].[Na+]. The molecule has 0 amide bonds. The number of carboxylic acids is 1. The van der Waals surface area contributed by atoms with Crippen molar-refractivity contribution in [3.63, 3.8) is 0 Å². The summed E-state index contributed by atoms with van der Waals surface area (Å²) in [5.74, 6) is -1.69. The van der Waals surface area contributed by atoms with Gasteiger partial charge in [-0.25, -0.2) is 0 Å². The molecule has 3 nitrogen and oxygen atoms in total. The van der Waals surface area contributed by atoms with Gasteiger partial charge in [-0.1, -0.05) is 0 Å². The van der Waals surface area contributed by atoms with Crippen molar-refractivity contribution < 1.29 is 86.2 Å². The quantitative estimate of drug-likeness (QED) is 0.315. The van der Waals surface area contributed by atoms with Gasteiger partial charge in [0.2, 0.25) is 0 Å². The molecule has 48 valence electrons. The Morgan fingerprint density at radius 1 is 1.30 bits per heavy atom. The van der Waals surface area contributed by atoms with Crippen molar-refractivity contribution in [2.75, 3.05) is 0 Å². The van der Waals surface area contributed by atoms with Gasteiger partial charge in [-0.2, -0.15) is 0 Å². The van der Waals surface area contributed by atoms with Gasteiger partial charge in [-0.15, -0.1) is 0 Å². The van der Waals surface area contributed by atoms with Gasteiger partial charge in [0.1, 0.15) is 5.78 Å². The fourth-order valence-corrected chi connectivity index (χ4v) is 0.203. The standard InChI is InChI=1S/C4H6O3.ClH.2Na/c1-3(5)2-4(6)7;;;/h2H2,1H3,(H,6,7);1H;;/q;;2*+1/p-2. The van der Waals surface area contributed by atoms with Gasteiger partial charge in [-0.3, -0.25) is 4.79 Å². The molecule has 0 aromatic rings. The van der Waals surface area contributed by atoms with Crippen LogP contribution >= 0.6 is 0 Å². The molecule has 0 saturated carbocycles. The number of rotatable bonds is 2. The van der Waals surface area contributed by atoms with Crippen LogP contribution in [0.25, 0.3) is 0 Å². The van der Waals surface area contributed by atoms with Crippen molar-refractivity contribution in [2.45, 2.75) is 13.3 Å². The second-order valence-corrected chi connectivity index (χ2v) is 1.25. The Bertz CT molecular complexity index is 94.7. The maximum Gasteiger partial charge on any atom is 1.00 e. The van der Waals surface area contributed by atoms with Crippen molar-refractivity contribution in [1.82, 2.24) is 0 Å². The first kappa shape index (κ1) is 22.5. The Morgan fingerprint density at radius 2 is 1.60 bits per heavy atom. The van der Waals surface area contributed by atoms with E-state index in [0.717, 1.165) is 0 Å². The van der Waals surface area contributed by atoms with E-state index >= 15 is 0 Å². The summed E-state index contributed by atoms with van der Waals surface area (Å²) in [5, 5.41) is 9.48. The predicted molar refractivity (Wildman–Crippen MR) is 20.3 cm³/mol. The molecule has 10 heavy (non-hydrogen) atoms. The van der Waals surface area contributed by atoms with Crippen LogP contribution in [0.3, 0.4) is 0 Å². The number of carbonyl (C=O) groups excluding carboxylic acids is 2. The zero-order valence-electron chi connectivity index (χ0n) is 6.31. The van der Waals surface area contributed by atoms with E-state index in [9.17, 15) is 14.7 Å². The molecule has 0 aromatic carbocycles. The molecule has 0 atom stereocenters. The predicted octanol–water partition coefficient (Wildman–Crippen LogP) is -10.3. The molecule has 0 radical (unpaired) electrons. The van der Waals surface area contributed by atoms with Crippen molar-refractivity contribution >= 4 is 11.8 Å². The van der Waals surface area contributed by atoms with Gasteiger partial charge in [0, 0.05) is 12.4 Å². The molecule has 6 heteroatoms. The molecule has 0 spiro atoms. The van der Waals surface area contributed by atoms with E-state index < -0.39 is 12.4 Å². The van der Waals surface area contributed by atoms with Crippen LogP contribution in [0.2, 0.25) is 0 Å². The average molecular weight is 183 g/mol. The summed E-state index contributed by atoms with van der Waals surface area (Å²) in [7, 11) is 0. The molecule has 0 aromatic heterocycles. The number of carboxylic acid groups (broad SMARTS) is 1. The number of ketones is 1. The van der Waals surface area contributed by atoms with E-state index in [2.05, 4.69) is 0 Å². The third-order valence-corrected chi connectivity index (χ3v) is 0.393. The summed E-state index contributed by atoms with van der Waals surface area (Å²) >= 11 is 0. The van der Waals surface area contributed by atoms with Gasteiger partial charge < -0.3 is 22.3 Å². The smallest absolute Gasteiger partial charge is 1.00 e. The van der Waals surface area contributed by atoms with Crippen LogP contribution in [0.5, 0.6) is 0 Å². The summed E-state index contributed by atoms with van der Waals surface area (Å²) in [5.41, 5.74) is 0. The Balaban J connectivity index is -0.0000000600. The largest absolute Gasteiger partial charge is 1.00 e. The third-order valence-electron chi connectivity index (χ3n) is 0.393. The van der Waals surface area contributed by atoms with Gasteiger partial charge in [-0.05, 0) is 6.92 Å². The summed E-state index contributed by atoms with van der Waals surface area (Å²) < 4.78 is 0. The topological polar surface area (TPSA) is 57.2 Å². The molecular formula is C4H5ClNa2O3. The molecule has 0 bridgehead atoms. The first-order valence-corrected chi connectivity index (χ1v) is 1.82. The Labute approximate surface area is 110 Å². The van der Waals surface area contributed by atoms with E-state index in [-0.39, 0.29) is 77.3 Å². The molecule has 0 aliphatic rings. The van der Waals surface area contributed by atoms with Crippen LogP contribution in [0, 0.1) is 0 Å². The van der Waals surface area contributed by atoms with Crippen molar-refractivity contribution in [3.05, 3.63) is 0 Å². The zero-order valence-corrected chi connectivity index (χ0v) is 11.1. The Kier molecular flexibility index (Phi) is 29.4. The first-order valence-electron chi connectivity index (χ1n) is 1.82. The minimum Gasteiger partial charge on any atom is -1.00 e. The Hall–Kier alpha value is 1.43. The first-order chi connectivity index (χ1) is 3.13. The van der Waals surface area contributed by atoms with Crippen LogP contribution < -0.4 is 76.6 Å². The van der Waals surface area contributed by atoms with E-state index in [1.165, 1.54) is 6.92 Å². The molecule has 0 aliphatic carbocycles. The average Bonchev–Trinajstić information content (AvgIpc) is 1.27. The maximum atomic E-state index is 9.83. The minimum absolute atomic E-state index is 0. The molecule has 0 fully saturated rings. The molecule has 0 aliphatic heterocycles. The Morgan fingerprint density at radius 3 is 1.60 bits per heavy atom. The zero-order chi connectivity index (χ0) is 5.86. The second kappa shape index (κ2) is 13.1. The summed E-state index contributed by atoms with van der Waals surface area (Å²) in [6.45, 7) is 1.20. The molecule has 0 N–H and O–H groups in total. The van der Waals surface area contributed by atoms with Crippen LogP contribution in [0.4, 0.5) is 0 Å². The molecule has 0 saturated heterocycles. The molecule has 0 rings (SSSR count). The fourth-order valence-electron chi connectivity index (χ4n) is 0.203. The molecule has 0 heterocycles. The number of Topliss-reactive ketones (excluding diaryl/α,β-unsaturated/α-hetero) is 1. The van der Waals surface area contributed by atoms with E-state index in [0.29, 0.717) is 0 Å². The van der Waals surface area contributed by atoms with Crippen LogP contribution in [0.15, 0.2) is 0 Å². The molecular weight excluding hydrogens is 177 g/mol. The van der Waals surface area contributed by atoms with Gasteiger partial charge in [0.25, 0.3) is 0 Å². The van der Waals surface area contributed by atoms with Gasteiger partial charge in [0.05, 0.1) is 0 Å². The minimum atomic E-state index is -1.31. The van der Waals surface area contributed by atoms with Crippen LogP contribution in [-0.4, -0.2) is 11.8 Å². The number of hydrogen-bond acceptors (Lipinski definition) is 3. The molecule has 0 unspecified atom stereocenters. The van der Waals surface area contributed by atoms with Gasteiger partial charge >= 0.3 is 59.1 Å². The summed E-state index contributed by atoms with van der Waals surface area (Å²) in [4.78, 5) is 19.3. The number of hydrogen-bond donors (Lipinski definition) is 0. The van der Waals surface area contributed by atoms with Crippen molar-refractivity contribution in [3.8, 4) is 0 Å². The number of carbonyl (C=O) groups is 2. The van der Waals surface area contributed by atoms with E-state index in [4.69, 9.17) is 0 Å². The fraction of sp³-hybridized carbons (Fsp3) is 0.500. The van der Waals surface area contributed by atoms with Gasteiger partial charge in [0.15, 0.2) is 0 Å².